The van der Waals surface area contributed by atoms with E-state index in [4.69, 9.17) is 17.8 Å². The molecule has 3 heterocycles. The van der Waals surface area contributed by atoms with E-state index >= 15 is 0 Å². The Kier molecular flexibility index (Phi) is 27.8. The van der Waals surface area contributed by atoms with Crippen LogP contribution in [0.1, 0.15) is 72.5 Å². The fourth-order valence-electron chi connectivity index (χ4n) is 7.37. The van der Waals surface area contributed by atoms with Crippen molar-refractivity contribution in [2.75, 3.05) is 0 Å². The zero-order valence-electron chi connectivity index (χ0n) is 40.9. The number of halogens is 1. The normalized spacial score (nSPS) is 12.6. The summed E-state index contributed by atoms with van der Waals surface area (Å²) in [4.78, 5) is 22.2. The molecule has 0 spiro atoms. The Labute approximate surface area is 475 Å². The van der Waals surface area contributed by atoms with Crippen molar-refractivity contribution in [1.82, 2.24) is 24.7 Å². The van der Waals surface area contributed by atoms with Gasteiger partial charge in [0.1, 0.15) is 12.2 Å². The van der Waals surface area contributed by atoms with E-state index in [9.17, 15) is 0 Å². The molecule has 10 nitrogen and oxygen atoms in total. The zero-order valence-corrected chi connectivity index (χ0v) is 46.9. The van der Waals surface area contributed by atoms with Crippen LogP contribution in [0.2, 0.25) is 0 Å². The van der Waals surface area contributed by atoms with Gasteiger partial charge < -0.3 is 41.7 Å². The molecule has 0 saturated carbocycles. The number of rotatable bonds is 15. The second-order valence-electron chi connectivity index (χ2n) is 16.5. The summed E-state index contributed by atoms with van der Waals surface area (Å²) in [6.07, 6.45) is 2.03. The molecule has 71 heavy (non-hydrogen) atoms. The Bertz CT molecular complexity index is 2520. The van der Waals surface area contributed by atoms with Crippen LogP contribution in [0.4, 0.5) is 0 Å². The molecule has 0 atom stereocenters. The SMILES string of the molecule is CC1=C(C)N(OCc2ccccc2)[CH-]N1Cc1ccccc1.CC1=C(C)N(OCc2ccccc2)[CH-]N1Cc1ccccc1.Cc1c(C)[n+](Cc2ccccc2)cn1OCc1ccccc1.[Ag+].[Ag].[Br-].[O]=[Ag]. The number of imidazole rings is 1. The number of benzene rings is 6. The molecule has 9 rings (SSSR count). The Hall–Kier alpha value is -4.57. The van der Waals surface area contributed by atoms with Crippen LogP contribution in [0.15, 0.2) is 211 Å². The molecular formula is C57H63Ag3BrN6O4-. The predicted octanol–water partition coefficient (Wildman–Crippen LogP) is 8.56. The average Bonchev–Trinajstić information content (AvgIpc) is 3.93. The first-order valence-electron chi connectivity index (χ1n) is 22.7. The molecule has 0 bridgehead atoms. The van der Waals surface area contributed by atoms with Gasteiger partial charge >= 0.3 is 46.7 Å². The van der Waals surface area contributed by atoms with Crippen LogP contribution in [0, 0.1) is 27.2 Å². The van der Waals surface area contributed by atoms with E-state index in [-0.39, 0.29) is 61.7 Å². The predicted molar refractivity (Wildman–Crippen MR) is 263 cm³/mol. The summed E-state index contributed by atoms with van der Waals surface area (Å²) < 4.78 is 12.1. The van der Waals surface area contributed by atoms with Crippen molar-refractivity contribution in [3.8, 4) is 0 Å². The number of allylic oxidation sites excluding steroid dienone is 4. The van der Waals surface area contributed by atoms with E-state index in [0.29, 0.717) is 19.8 Å². The third kappa shape index (κ3) is 18.8. The quantitative estimate of drug-likeness (QED) is 0.0576. The van der Waals surface area contributed by atoms with Gasteiger partial charge in [-0.15, -0.1) is 13.3 Å². The Morgan fingerprint density at radius 2 is 0.732 bits per heavy atom. The monoisotopic (exact) mass is 1300 g/mol. The molecule has 0 N–H and O–H groups in total. The molecule has 6 aromatic carbocycles. The van der Waals surface area contributed by atoms with Crippen LogP contribution in [-0.4, -0.2) is 24.7 Å². The number of nitrogens with zero attached hydrogens (tertiary/aromatic N) is 6. The first-order chi connectivity index (χ1) is 33.2. The van der Waals surface area contributed by atoms with Gasteiger partial charge in [-0.1, -0.05) is 182 Å². The van der Waals surface area contributed by atoms with Gasteiger partial charge in [0.2, 0.25) is 0 Å². The molecule has 2 aliphatic rings. The Balaban J connectivity index is 0.000000271. The van der Waals surface area contributed by atoms with Crippen LogP contribution >= 0.6 is 0 Å². The number of hydroxylamine groups is 4. The van der Waals surface area contributed by atoms with Crippen LogP contribution in [0.5, 0.6) is 0 Å². The van der Waals surface area contributed by atoms with Gasteiger partial charge in [0.15, 0.2) is 12.3 Å². The maximum atomic E-state index is 8.06. The molecular weight excluding hydrogens is 1240 g/mol. The average molecular weight is 1300 g/mol. The molecule has 386 valence electrons. The summed E-state index contributed by atoms with van der Waals surface area (Å²) in [5.41, 5.74) is 14.4. The van der Waals surface area contributed by atoms with Crippen molar-refractivity contribution in [1.29, 1.82) is 0 Å². The summed E-state index contributed by atoms with van der Waals surface area (Å²) >= 11 is 1.70. The number of hydrogen-bond acceptors (Lipinski definition) is 8. The molecule has 0 saturated heterocycles. The van der Waals surface area contributed by atoms with E-state index in [1.54, 1.807) is 21.0 Å². The van der Waals surface area contributed by atoms with E-state index in [1.165, 1.54) is 50.5 Å². The fourth-order valence-corrected chi connectivity index (χ4v) is 7.37. The summed E-state index contributed by atoms with van der Waals surface area (Å²) in [7, 11) is 0. The second-order valence-corrected chi connectivity index (χ2v) is 16.5. The van der Waals surface area contributed by atoms with Crippen molar-refractivity contribution in [3.05, 3.63) is 269 Å². The van der Waals surface area contributed by atoms with Crippen molar-refractivity contribution in [2.24, 2.45) is 0 Å². The number of hydrogen-bond donors (Lipinski definition) is 0. The summed E-state index contributed by atoms with van der Waals surface area (Å²) in [5, 5.41) is 3.73. The minimum atomic E-state index is 0. The van der Waals surface area contributed by atoms with Gasteiger partial charge in [0.05, 0.1) is 13.2 Å². The van der Waals surface area contributed by atoms with Crippen molar-refractivity contribution >= 4 is 0 Å². The fraction of sp³-hybridized carbons (Fsp3) is 0.211. The molecule has 1 radical (unpaired) electrons. The molecule has 0 aliphatic carbocycles. The number of aromatic nitrogens is 2. The zero-order chi connectivity index (χ0) is 48.1. The van der Waals surface area contributed by atoms with E-state index in [2.05, 4.69) is 165 Å². The van der Waals surface area contributed by atoms with Crippen LogP contribution in [0.3, 0.4) is 0 Å². The van der Waals surface area contributed by atoms with Gasteiger partial charge in [-0.2, -0.15) is 0 Å². The van der Waals surface area contributed by atoms with Gasteiger partial charge in [-0.3, -0.25) is 9.68 Å². The summed E-state index contributed by atoms with van der Waals surface area (Å²) in [6.45, 7) is 21.0. The minimum absolute atomic E-state index is 0. The Morgan fingerprint density at radius 1 is 0.437 bits per heavy atom. The van der Waals surface area contributed by atoms with E-state index < -0.39 is 0 Å². The van der Waals surface area contributed by atoms with Gasteiger partial charge in [-0.05, 0) is 65.8 Å². The standard InChI is InChI=1S/3C19H21N2O.3Ag.BrH.O/c3*1-16-17(2)21(22-14-19-11-7-4-8-12-19)15-20(16)13-18-9-5-3-6-10-18;;;;;/h3*3-12,15H,13-14H2,1-2H3;;;;1H;/q2*-1;+1;;;+1;;/p-1. The van der Waals surface area contributed by atoms with Crippen molar-refractivity contribution in [3.63, 3.8) is 0 Å². The third-order valence-corrected chi connectivity index (χ3v) is 11.8. The van der Waals surface area contributed by atoms with Gasteiger partial charge in [0.25, 0.3) is 6.33 Å². The first kappa shape index (κ1) is 60.7. The molecule has 0 unspecified atom stereocenters. The summed E-state index contributed by atoms with van der Waals surface area (Å²) in [5.74, 6) is 0. The van der Waals surface area contributed by atoms with Gasteiger partial charge in [0, 0.05) is 72.1 Å². The van der Waals surface area contributed by atoms with Gasteiger partial charge in [-0.25, -0.2) is 4.57 Å². The van der Waals surface area contributed by atoms with Crippen LogP contribution in [0.25, 0.3) is 0 Å². The van der Waals surface area contributed by atoms with Crippen molar-refractivity contribution < 1.29 is 105 Å². The van der Waals surface area contributed by atoms with E-state index in [1.807, 2.05) is 107 Å². The van der Waals surface area contributed by atoms with Crippen LogP contribution < -0.4 is 26.4 Å². The third-order valence-electron chi connectivity index (χ3n) is 11.8. The first-order valence-corrected chi connectivity index (χ1v) is 23.3. The Morgan fingerprint density at radius 3 is 1.07 bits per heavy atom. The molecule has 0 amide bonds. The molecule has 1 aromatic heterocycles. The molecule has 0 fully saturated rings. The van der Waals surface area contributed by atoms with Crippen LogP contribution in [-0.2, 0) is 118 Å². The summed E-state index contributed by atoms with van der Waals surface area (Å²) in [6, 6.07) is 62.1. The molecule has 7 aromatic rings. The maximum absolute atomic E-state index is 8.06. The molecule has 14 heteroatoms. The topological polar surface area (TPSA) is 66.5 Å². The van der Waals surface area contributed by atoms with E-state index in [0.717, 1.165) is 36.7 Å². The second kappa shape index (κ2) is 32.5. The van der Waals surface area contributed by atoms with Crippen molar-refractivity contribution in [2.45, 2.75) is 81.0 Å². The molecule has 2 aliphatic heterocycles.